The maximum absolute atomic E-state index is 12.3. The zero-order chi connectivity index (χ0) is 16.2. The predicted molar refractivity (Wildman–Crippen MR) is 90.2 cm³/mol. The second-order valence-electron chi connectivity index (χ2n) is 5.31. The van der Waals surface area contributed by atoms with Gasteiger partial charge in [-0.05, 0) is 41.1 Å². The van der Waals surface area contributed by atoms with E-state index in [1.165, 1.54) is 0 Å². The Kier molecular flexibility index (Phi) is 4.20. The molecule has 3 aromatic carbocycles. The second-order valence-corrected chi connectivity index (χ2v) is 5.31. The number of hydrogen-bond acceptors (Lipinski definition) is 3. The summed E-state index contributed by atoms with van der Waals surface area (Å²) >= 11 is 0. The highest BCUT2D eigenvalue weighted by molar-refractivity contribution is 6.14. The average molecular weight is 304 g/mol. The van der Waals surface area contributed by atoms with E-state index in [9.17, 15) is 9.59 Å². The molecule has 114 valence electrons. The third-order valence-electron chi connectivity index (χ3n) is 3.80. The molecule has 3 aromatic rings. The minimum absolute atomic E-state index is 0.134. The molecule has 0 saturated carbocycles. The standard InChI is InChI=1S/C20H16O3/c1-23-18-10-8-15(9-11-18)19(21)13-20(22)17-7-6-14-4-2-3-5-16(14)12-17/h2-12H,13H2,1H3. The van der Waals surface area contributed by atoms with Crippen LogP contribution in [0.1, 0.15) is 27.1 Å². The van der Waals surface area contributed by atoms with Crippen LogP contribution in [-0.2, 0) is 0 Å². The maximum Gasteiger partial charge on any atom is 0.170 e. The Morgan fingerprint density at radius 2 is 1.39 bits per heavy atom. The third-order valence-corrected chi connectivity index (χ3v) is 3.80. The Morgan fingerprint density at radius 1 is 0.783 bits per heavy atom. The number of Topliss-reactive ketones (excluding diaryl/α,β-unsaturated/α-hetero) is 2. The van der Waals surface area contributed by atoms with Crippen LogP contribution in [0.2, 0.25) is 0 Å². The SMILES string of the molecule is COc1ccc(C(=O)CC(=O)c2ccc3ccccc3c2)cc1. The van der Waals surface area contributed by atoms with Gasteiger partial charge in [0.15, 0.2) is 11.6 Å². The first kappa shape index (κ1) is 15.0. The molecule has 0 N–H and O–H groups in total. The Labute approximate surface area is 134 Å². The monoisotopic (exact) mass is 304 g/mol. The minimum Gasteiger partial charge on any atom is -0.497 e. The Balaban J connectivity index is 1.77. The van der Waals surface area contributed by atoms with E-state index in [1.54, 1.807) is 37.4 Å². The molecule has 0 unspecified atom stereocenters. The predicted octanol–water partition coefficient (Wildman–Crippen LogP) is 4.30. The molecule has 0 bridgehead atoms. The lowest BCUT2D eigenvalue weighted by atomic mass is 9.99. The first-order valence-corrected chi connectivity index (χ1v) is 7.36. The highest BCUT2D eigenvalue weighted by Crippen LogP contribution is 2.18. The van der Waals surface area contributed by atoms with Crippen molar-refractivity contribution in [3.05, 3.63) is 77.9 Å². The van der Waals surface area contributed by atoms with Gasteiger partial charge in [-0.25, -0.2) is 0 Å². The fraction of sp³-hybridized carbons (Fsp3) is 0.100. The van der Waals surface area contributed by atoms with Gasteiger partial charge in [-0.2, -0.15) is 0 Å². The van der Waals surface area contributed by atoms with Crippen molar-refractivity contribution < 1.29 is 14.3 Å². The molecule has 23 heavy (non-hydrogen) atoms. The van der Waals surface area contributed by atoms with Crippen LogP contribution in [0.4, 0.5) is 0 Å². The molecule has 0 atom stereocenters. The molecule has 0 fully saturated rings. The number of hydrogen-bond donors (Lipinski definition) is 0. The van der Waals surface area contributed by atoms with Crippen LogP contribution in [0.5, 0.6) is 5.75 Å². The molecular weight excluding hydrogens is 288 g/mol. The number of rotatable bonds is 5. The van der Waals surface area contributed by atoms with Crippen LogP contribution in [0.15, 0.2) is 66.7 Å². The molecule has 0 aromatic heterocycles. The number of fused-ring (bicyclic) bond motifs is 1. The maximum atomic E-state index is 12.3. The molecule has 3 nitrogen and oxygen atoms in total. The lowest BCUT2D eigenvalue weighted by Crippen LogP contribution is -2.08. The van der Waals surface area contributed by atoms with Gasteiger partial charge in [0.05, 0.1) is 13.5 Å². The molecule has 0 aliphatic heterocycles. The smallest absolute Gasteiger partial charge is 0.170 e. The van der Waals surface area contributed by atoms with Gasteiger partial charge in [-0.15, -0.1) is 0 Å². The van der Waals surface area contributed by atoms with Gasteiger partial charge in [0.2, 0.25) is 0 Å². The van der Waals surface area contributed by atoms with Crippen molar-refractivity contribution in [2.45, 2.75) is 6.42 Å². The van der Waals surface area contributed by atoms with Gasteiger partial charge in [-0.1, -0.05) is 36.4 Å². The molecular formula is C20H16O3. The van der Waals surface area contributed by atoms with Crippen molar-refractivity contribution >= 4 is 22.3 Å². The quantitative estimate of drug-likeness (QED) is 0.521. The van der Waals surface area contributed by atoms with E-state index in [2.05, 4.69) is 0 Å². The van der Waals surface area contributed by atoms with E-state index in [4.69, 9.17) is 4.74 Å². The molecule has 0 aliphatic carbocycles. The molecule has 0 saturated heterocycles. The second kappa shape index (κ2) is 6.44. The fourth-order valence-electron chi connectivity index (χ4n) is 2.49. The van der Waals surface area contributed by atoms with E-state index in [1.807, 2.05) is 36.4 Å². The molecule has 3 rings (SSSR count). The molecule has 0 amide bonds. The fourth-order valence-corrected chi connectivity index (χ4v) is 2.49. The van der Waals surface area contributed by atoms with Crippen molar-refractivity contribution in [1.29, 1.82) is 0 Å². The zero-order valence-electron chi connectivity index (χ0n) is 12.8. The molecule has 0 radical (unpaired) electrons. The van der Waals surface area contributed by atoms with Crippen molar-refractivity contribution in [2.75, 3.05) is 7.11 Å². The van der Waals surface area contributed by atoms with E-state index in [-0.39, 0.29) is 18.0 Å². The van der Waals surface area contributed by atoms with Gasteiger partial charge in [-0.3, -0.25) is 9.59 Å². The topological polar surface area (TPSA) is 43.4 Å². The molecule has 0 heterocycles. The number of carbonyl (C=O) groups is 2. The highest BCUT2D eigenvalue weighted by atomic mass is 16.5. The number of ether oxygens (including phenoxy) is 1. The molecule has 3 heteroatoms. The van der Waals surface area contributed by atoms with Gasteiger partial charge >= 0.3 is 0 Å². The van der Waals surface area contributed by atoms with E-state index in [0.29, 0.717) is 16.9 Å². The highest BCUT2D eigenvalue weighted by Gasteiger charge is 2.14. The Morgan fingerprint density at radius 3 is 2.09 bits per heavy atom. The summed E-state index contributed by atoms with van der Waals surface area (Å²) in [4.78, 5) is 24.6. The van der Waals surface area contributed by atoms with Gasteiger partial charge in [0.25, 0.3) is 0 Å². The first-order chi connectivity index (χ1) is 11.2. The van der Waals surface area contributed by atoms with Gasteiger partial charge in [0.1, 0.15) is 5.75 Å². The molecule has 0 spiro atoms. The number of methoxy groups -OCH3 is 1. The largest absolute Gasteiger partial charge is 0.497 e. The lowest BCUT2D eigenvalue weighted by molar-refractivity contribution is 0.0894. The van der Waals surface area contributed by atoms with Crippen LogP contribution in [0.3, 0.4) is 0 Å². The summed E-state index contributed by atoms with van der Waals surface area (Å²) in [6.07, 6.45) is -0.134. The summed E-state index contributed by atoms with van der Waals surface area (Å²) in [6.45, 7) is 0. The van der Waals surface area contributed by atoms with Crippen LogP contribution >= 0.6 is 0 Å². The first-order valence-electron chi connectivity index (χ1n) is 7.36. The molecule has 0 aliphatic rings. The number of carbonyl (C=O) groups excluding carboxylic acids is 2. The van der Waals surface area contributed by atoms with Crippen molar-refractivity contribution in [1.82, 2.24) is 0 Å². The van der Waals surface area contributed by atoms with E-state index >= 15 is 0 Å². The Hall–Kier alpha value is -2.94. The van der Waals surface area contributed by atoms with Crippen molar-refractivity contribution in [2.24, 2.45) is 0 Å². The summed E-state index contributed by atoms with van der Waals surface area (Å²) in [5, 5.41) is 2.07. The van der Waals surface area contributed by atoms with Crippen LogP contribution in [0, 0.1) is 0 Å². The third kappa shape index (κ3) is 3.29. The summed E-state index contributed by atoms with van der Waals surface area (Å²) < 4.78 is 5.06. The van der Waals surface area contributed by atoms with E-state index < -0.39 is 0 Å². The van der Waals surface area contributed by atoms with E-state index in [0.717, 1.165) is 10.8 Å². The van der Waals surface area contributed by atoms with Gasteiger partial charge < -0.3 is 4.74 Å². The summed E-state index contributed by atoms with van der Waals surface area (Å²) in [7, 11) is 1.57. The Bertz CT molecular complexity index is 863. The minimum atomic E-state index is -0.189. The number of benzene rings is 3. The summed E-state index contributed by atoms with van der Waals surface area (Å²) in [5.41, 5.74) is 1.07. The van der Waals surface area contributed by atoms with Crippen molar-refractivity contribution in [3.63, 3.8) is 0 Å². The van der Waals surface area contributed by atoms with Crippen LogP contribution in [-0.4, -0.2) is 18.7 Å². The average Bonchev–Trinajstić information content (AvgIpc) is 2.61. The van der Waals surface area contributed by atoms with Gasteiger partial charge in [0, 0.05) is 11.1 Å². The van der Waals surface area contributed by atoms with Crippen LogP contribution < -0.4 is 4.74 Å². The summed E-state index contributed by atoms with van der Waals surface area (Å²) in [6, 6.07) is 20.1. The normalized spacial score (nSPS) is 10.5. The zero-order valence-corrected chi connectivity index (χ0v) is 12.8. The summed E-state index contributed by atoms with van der Waals surface area (Å²) in [5.74, 6) is 0.324. The number of ketones is 2. The lowest BCUT2D eigenvalue weighted by Gasteiger charge is -2.04. The van der Waals surface area contributed by atoms with Crippen LogP contribution in [0.25, 0.3) is 10.8 Å². The van der Waals surface area contributed by atoms with Crippen molar-refractivity contribution in [3.8, 4) is 5.75 Å².